The molecule has 0 fully saturated rings. The monoisotopic (exact) mass is 452 g/mol. The van der Waals surface area contributed by atoms with Gasteiger partial charge in [-0.2, -0.15) is 5.10 Å². The van der Waals surface area contributed by atoms with Crippen molar-refractivity contribution in [1.29, 1.82) is 0 Å². The van der Waals surface area contributed by atoms with Gasteiger partial charge in [-0.3, -0.25) is 14.0 Å². The molecule has 0 aliphatic heterocycles. The van der Waals surface area contributed by atoms with E-state index in [9.17, 15) is 4.79 Å². The molecule has 4 rings (SSSR count). The highest BCUT2D eigenvalue weighted by atomic mass is 35.5. The molecule has 0 N–H and O–H groups in total. The number of fused-ring (bicyclic) bond motifs is 1. The number of benzene rings is 2. The van der Waals surface area contributed by atoms with Crippen molar-refractivity contribution >= 4 is 23.3 Å². The molecule has 0 spiro atoms. The van der Waals surface area contributed by atoms with E-state index in [2.05, 4.69) is 37.9 Å². The second-order valence-corrected chi connectivity index (χ2v) is 8.60. The molecule has 0 unspecified atom stereocenters. The summed E-state index contributed by atoms with van der Waals surface area (Å²) in [7, 11) is 4.15. The van der Waals surface area contributed by atoms with E-state index in [-0.39, 0.29) is 23.5 Å². The highest BCUT2D eigenvalue weighted by Gasteiger charge is 2.22. The molecule has 0 aliphatic carbocycles. The van der Waals surface area contributed by atoms with Crippen molar-refractivity contribution in [2.45, 2.75) is 32.5 Å². The van der Waals surface area contributed by atoms with Crippen LogP contribution in [0, 0.1) is 0 Å². The van der Waals surface area contributed by atoms with Gasteiger partial charge in [-0.1, -0.05) is 30.3 Å². The molecule has 2 aromatic heterocycles. The maximum absolute atomic E-state index is 12.7. The number of ether oxygens (including phenoxy) is 1. The first-order chi connectivity index (χ1) is 14.8. The number of halogens is 1. The minimum Gasteiger partial charge on any atom is -0.489 e. The highest BCUT2D eigenvalue weighted by Crippen LogP contribution is 2.21. The van der Waals surface area contributed by atoms with Gasteiger partial charge in [-0.15, -0.1) is 12.4 Å². The van der Waals surface area contributed by atoms with E-state index in [1.54, 1.807) is 10.8 Å². The smallest absolute Gasteiger partial charge is 0.258 e. The number of aromatic nitrogens is 3. The number of rotatable bonds is 7. The van der Waals surface area contributed by atoms with Crippen molar-refractivity contribution in [3.05, 3.63) is 89.0 Å². The lowest BCUT2D eigenvalue weighted by Crippen LogP contribution is -2.42. The van der Waals surface area contributed by atoms with Gasteiger partial charge in [-0.05, 0) is 57.8 Å². The predicted molar refractivity (Wildman–Crippen MR) is 131 cm³/mol. The van der Waals surface area contributed by atoms with Gasteiger partial charge in [-0.25, -0.2) is 0 Å². The Labute approximate surface area is 194 Å². The average molecular weight is 453 g/mol. The largest absolute Gasteiger partial charge is 0.489 e. The van der Waals surface area contributed by atoms with Crippen LogP contribution in [0.25, 0.3) is 16.6 Å². The summed E-state index contributed by atoms with van der Waals surface area (Å²) in [6.45, 7) is 5.58. The Balaban J connectivity index is 0.00000289. The summed E-state index contributed by atoms with van der Waals surface area (Å²) in [6, 6.07) is 19.2. The molecule has 6 nitrogen and oxygen atoms in total. The lowest BCUT2D eigenvalue weighted by molar-refractivity contribution is 0.166. The van der Waals surface area contributed by atoms with Crippen LogP contribution < -0.4 is 10.3 Å². The van der Waals surface area contributed by atoms with Gasteiger partial charge >= 0.3 is 0 Å². The van der Waals surface area contributed by atoms with Gasteiger partial charge in [0, 0.05) is 28.9 Å². The summed E-state index contributed by atoms with van der Waals surface area (Å²) in [5, 5.41) is 5.57. The zero-order chi connectivity index (χ0) is 22.0. The first-order valence-electron chi connectivity index (χ1n) is 10.4. The summed E-state index contributed by atoms with van der Waals surface area (Å²) >= 11 is 0. The van der Waals surface area contributed by atoms with Crippen LogP contribution in [0.15, 0.2) is 77.9 Å². The van der Waals surface area contributed by atoms with E-state index in [0.717, 1.165) is 28.7 Å². The third-order valence-electron chi connectivity index (χ3n) is 5.79. The maximum atomic E-state index is 12.7. The van der Waals surface area contributed by atoms with Gasteiger partial charge in [0.2, 0.25) is 0 Å². The first-order valence-corrected chi connectivity index (χ1v) is 10.4. The van der Waals surface area contributed by atoms with Crippen molar-refractivity contribution in [3.8, 4) is 11.4 Å². The fourth-order valence-corrected chi connectivity index (χ4v) is 3.36. The summed E-state index contributed by atoms with van der Waals surface area (Å²) in [5.41, 5.74) is 2.76. The fourth-order valence-electron chi connectivity index (χ4n) is 3.36. The molecule has 0 saturated carbocycles. The van der Waals surface area contributed by atoms with Crippen molar-refractivity contribution in [3.63, 3.8) is 0 Å². The normalized spacial score (nSPS) is 11.5. The molecule has 2 aromatic carbocycles. The molecule has 0 aliphatic rings. The zero-order valence-electron chi connectivity index (χ0n) is 18.9. The van der Waals surface area contributed by atoms with Crippen LogP contribution in [0.2, 0.25) is 0 Å². The fraction of sp³-hybridized carbons (Fsp3) is 0.280. The molecule has 4 aromatic rings. The molecule has 0 bridgehead atoms. The van der Waals surface area contributed by atoms with Gasteiger partial charge < -0.3 is 9.64 Å². The number of hydrogen-bond donors (Lipinski definition) is 0. The molecule has 0 atom stereocenters. The Hall–Kier alpha value is -3.09. The van der Waals surface area contributed by atoms with Gasteiger partial charge in [0.25, 0.3) is 5.56 Å². The minimum absolute atomic E-state index is 0. The van der Waals surface area contributed by atoms with Gasteiger partial charge in [0.1, 0.15) is 12.4 Å². The number of nitrogens with zero attached hydrogens (tertiary/aromatic N) is 4. The van der Waals surface area contributed by atoms with Gasteiger partial charge in [0.05, 0.1) is 18.3 Å². The quantitative estimate of drug-likeness (QED) is 0.413. The lowest BCUT2D eigenvalue weighted by Gasteiger charge is -2.32. The van der Waals surface area contributed by atoms with E-state index < -0.39 is 0 Å². The van der Waals surface area contributed by atoms with Crippen molar-refractivity contribution in [2.24, 2.45) is 0 Å². The molecule has 0 saturated heterocycles. The molecule has 2 heterocycles. The number of likely N-dealkylation sites (N-methyl/N-ethyl adjacent to an activating group) is 1. The van der Waals surface area contributed by atoms with Crippen LogP contribution in [0.1, 0.15) is 19.4 Å². The standard InChI is InChI=1S/C25H28N4O2.ClH/c1-25(2,27(3)4)18-29-23-11-10-21(14-20(23)16-26-29)28-13-12-22(15-24(28)30)31-17-19-8-6-5-7-9-19;/h5-16H,17-18H2,1-4H3;1H. The first kappa shape index (κ1) is 23.6. The van der Waals surface area contributed by atoms with Crippen LogP contribution >= 0.6 is 12.4 Å². The van der Waals surface area contributed by atoms with Crippen LogP contribution in [-0.4, -0.2) is 38.9 Å². The molecule has 168 valence electrons. The molecule has 7 heteroatoms. The number of pyridine rings is 1. The topological polar surface area (TPSA) is 52.3 Å². The third-order valence-corrected chi connectivity index (χ3v) is 5.79. The minimum atomic E-state index is -0.133. The molecular weight excluding hydrogens is 424 g/mol. The van der Waals surface area contributed by atoms with Crippen molar-refractivity contribution in [2.75, 3.05) is 14.1 Å². The summed E-state index contributed by atoms with van der Waals surface area (Å²) < 4.78 is 9.41. The third kappa shape index (κ3) is 5.03. The highest BCUT2D eigenvalue weighted by molar-refractivity contribution is 5.85. The van der Waals surface area contributed by atoms with E-state index in [1.807, 2.05) is 65.5 Å². The second kappa shape index (κ2) is 9.59. The lowest BCUT2D eigenvalue weighted by atomic mass is 10.0. The predicted octanol–water partition coefficient (Wildman–Crippen LogP) is 4.53. The van der Waals surface area contributed by atoms with Crippen LogP contribution in [0.3, 0.4) is 0 Å². The van der Waals surface area contributed by atoms with Crippen molar-refractivity contribution in [1.82, 2.24) is 19.2 Å². The Morgan fingerprint density at radius 3 is 2.47 bits per heavy atom. The van der Waals surface area contributed by atoms with E-state index in [0.29, 0.717) is 12.4 Å². The van der Waals surface area contributed by atoms with E-state index >= 15 is 0 Å². The molecule has 0 amide bonds. The SMILES string of the molecule is CN(C)C(C)(C)Cn1ncc2cc(-n3ccc(OCc4ccccc4)cc3=O)ccc21.Cl. The van der Waals surface area contributed by atoms with E-state index in [4.69, 9.17) is 4.74 Å². The van der Waals surface area contributed by atoms with Crippen LogP contribution in [0.4, 0.5) is 0 Å². The zero-order valence-corrected chi connectivity index (χ0v) is 19.7. The van der Waals surface area contributed by atoms with Crippen LogP contribution in [-0.2, 0) is 13.2 Å². The van der Waals surface area contributed by atoms with Crippen LogP contribution in [0.5, 0.6) is 5.75 Å². The Morgan fingerprint density at radius 2 is 1.78 bits per heavy atom. The molecular formula is C25H29ClN4O2. The Bertz CT molecular complexity index is 1250. The van der Waals surface area contributed by atoms with E-state index in [1.165, 1.54) is 6.07 Å². The summed E-state index contributed by atoms with van der Waals surface area (Å²) in [6.07, 6.45) is 3.61. The van der Waals surface area contributed by atoms with Gasteiger partial charge in [0.15, 0.2) is 0 Å². The molecule has 0 radical (unpaired) electrons. The second-order valence-electron chi connectivity index (χ2n) is 8.60. The van der Waals surface area contributed by atoms with Crippen molar-refractivity contribution < 1.29 is 4.74 Å². The average Bonchev–Trinajstić information content (AvgIpc) is 3.14. The Kier molecular flexibility index (Phi) is 7.06. The maximum Gasteiger partial charge on any atom is 0.258 e. The Morgan fingerprint density at radius 1 is 1.03 bits per heavy atom. The molecule has 32 heavy (non-hydrogen) atoms. The summed E-state index contributed by atoms with van der Waals surface area (Å²) in [4.78, 5) is 14.9. The number of hydrogen-bond acceptors (Lipinski definition) is 4. The summed E-state index contributed by atoms with van der Waals surface area (Å²) in [5.74, 6) is 0.560.